The molecular weight excluding hydrogens is 226 g/mol. The van der Waals surface area contributed by atoms with Crippen LogP contribution in [0.3, 0.4) is 0 Å². The third-order valence-corrected chi connectivity index (χ3v) is 2.58. The van der Waals surface area contributed by atoms with Crippen LogP contribution < -0.4 is 5.32 Å². The average Bonchev–Trinajstić information content (AvgIpc) is 2.29. The first-order valence-electron chi connectivity index (χ1n) is 7.48. The third kappa shape index (κ3) is 15.9. The minimum absolute atomic E-state index is 0.0468. The summed E-state index contributed by atoms with van der Waals surface area (Å²) in [6, 6.07) is 0. The third-order valence-electron chi connectivity index (χ3n) is 2.58. The van der Waals surface area contributed by atoms with Crippen LogP contribution in [0.2, 0.25) is 0 Å². The standard InChI is InChI=1S/C15H33NO2/c1-5-10-16-11-8-6-7-9-12-17-13-14-18-15(2,3)4/h16H,5-14H2,1-4H3. The van der Waals surface area contributed by atoms with Crippen LogP contribution >= 0.6 is 0 Å². The Bertz CT molecular complexity index is 166. The molecule has 0 saturated carbocycles. The molecule has 0 bridgehead atoms. The molecule has 110 valence electrons. The van der Waals surface area contributed by atoms with Gasteiger partial charge < -0.3 is 14.8 Å². The lowest BCUT2D eigenvalue weighted by Gasteiger charge is -2.19. The summed E-state index contributed by atoms with van der Waals surface area (Å²) in [6.07, 6.45) is 6.26. The van der Waals surface area contributed by atoms with Crippen LogP contribution in [0.1, 0.15) is 59.8 Å². The van der Waals surface area contributed by atoms with E-state index in [-0.39, 0.29) is 5.60 Å². The molecule has 0 heterocycles. The monoisotopic (exact) mass is 259 g/mol. The van der Waals surface area contributed by atoms with Gasteiger partial charge in [0.15, 0.2) is 0 Å². The van der Waals surface area contributed by atoms with Gasteiger partial charge in [0.2, 0.25) is 0 Å². The Morgan fingerprint density at radius 1 is 0.833 bits per heavy atom. The summed E-state index contributed by atoms with van der Waals surface area (Å²) in [6.45, 7) is 13.0. The van der Waals surface area contributed by atoms with E-state index in [9.17, 15) is 0 Å². The highest BCUT2D eigenvalue weighted by atomic mass is 16.5. The number of rotatable bonds is 12. The fourth-order valence-corrected chi connectivity index (χ4v) is 1.62. The normalized spacial score (nSPS) is 12.0. The minimum Gasteiger partial charge on any atom is -0.379 e. The molecule has 18 heavy (non-hydrogen) atoms. The number of unbranched alkanes of at least 4 members (excludes halogenated alkanes) is 3. The smallest absolute Gasteiger partial charge is 0.0707 e. The number of ether oxygens (including phenoxy) is 2. The summed E-state index contributed by atoms with van der Waals surface area (Å²) in [4.78, 5) is 0. The molecule has 0 saturated heterocycles. The van der Waals surface area contributed by atoms with Crippen molar-refractivity contribution in [1.82, 2.24) is 5.32 Å². The van der Waals surface area contributed by atoms with Crippen molar-refractivity contribution in [1.29, 1.82) is 0 Å². The molecule has 0 radical (unpaired) electrons. The average molecular weight is 259 g/mol. The highest BCUT2D eigenvalue weighted by Gasteiger charge is 2.08. The molecular formula is C15H33NO2. The van der Waals surface area contributed by atoms with Gasteiger partial charge in [0.25, 0.3) is 0 Å². The van der Waals surface area contributed by atoms with Gasteiger partial charge in [-0.2, -0.15) is 0 Å². The molecule has 0 aliphatic carbocycles. The summed E-state index contributed by atoms with van der Waals surface area (Å²) >= 11 is 0. The lowest BCUT2D eigenvalue weighted by molar-refractivity contribution is -0.0351. The first kappa shape index (κ1) is 17.9. The van der Waals surface area contributed by atoms with Crippen molar-refractivity contribution in [3.63, 3.8) is 0 Å². The molecule has 0 aliphatic heterocycles. The molecule has 0 rings (SSSR count). The first-order chi connectivity index (χ1) is 8.56. The van der Waals surface area contributed by atoms with Gasteiger partial charge in [-0.3, -0.25) is 0 Å². The van der Waals surface area contributed by atoms with Crippen molar-refractivity contribution in [2.45, 2.75) is 65.4 Å². The van der Waals surface area contributed by atoms with E-state index in [1.807, 2.05) is 0 Å². The van der Waals surface area contributed by atoms with Crippen LogP contribution in [-0.4, -0.2) is 38.5 Å². The second kappa shape index (κ2) is 11.9. The van der Waals surface area contributed by atoms with Crippen molar-refractivity contribution in [2.24, 2.45) is 0 Å². The number of hydrogen-bond donors (Lipinski definition) is 1. The summed E-state index contributed by atoms with van der Waals surface area (Å²) in [5.41, 5.74) is -0.0468. The summed E-state index contributed by atoms with van der Waals surface area (Å²) < 4.78 is 11.1. The van der Waals surface area contributed by atoms with Crippen LogP contribution in [0.4, 0.5) is 0 Å². The molecule has 3 heteroatoms. The first-order valence-corrected chi connectivity index (χ1v) is 7.48. The van der Waals surface area contributed by atoms with Gasteiger partial charge in [-0.25, -0.2) is 0 Å². The predicted molar refractivity (Wildman–Crippen MR) is 78.2 cm³/mol. The minimum atomic E-state index is -0.0468. The molecule has 0 aliphatic rings. The zero-order chi connectivity index (χ0) is 13.7. The predicted octanol–water partition coefficient (Wildman–Crippen LogP) is 3.38. The van der Waals surface area contributed by atoms with Crippen molar-refractivity contribution in [3.8, 4) is 0 Å². The van der Waals surface area contributed by atoms with E-state index in [4.69, 9.17) is 9.47 Å². The van der Waals surface area contributed by atoms with E-state index < -0.39 is 0 Å². The van der Waals surface area contributed by atoms with Crippen LogP contribution in [0, 0.1) is 0 Å². The molecule has 0 aromatic carbocycles. The highest BCUT2D eigenvalue weighted by Crippen LogP contribution is 2.05. The van der Waals surface area contributed by atoms with Crippen LogP contribution in [-0.2, 0) is 9.47 Å². The number of hydrogen-bond acceptors (Lipinski definition) is 3. The second-order valence-corrected chi connectivity index (χ2v) is 5.74. The van der Waals surface area contributed by atoms with Gasteiger partial charge in [0.1, 0.15) is 0 Å². The maximum atomic E-state index is 5.58. The van der Waals surface area contributed by atoms with Crippen molar-refractivity contribution >= 4 is 0 Å². The fourth-order valence-electron chi connectivity index (χ4n) is 1.62. The summed E-state index contributed by atoms with van der Waals surface area (Å²) in [5.74, 6) is 0. The molecule has 0 atom stereocenters. The van der Waals surface area contributed by atoms with E-state index in [0.717, 1.165) is 26.3 Å². The Hall–Kier alpha value is -0.120. The maximum absolute atomic E-state index is 5.58. The maximum Gasteiger partial charge on any atom is 0.0707 e. The Kier molecular flexibility index (Phi) is 11.9. The molecule has 1 N–H and O–H groups in total. The Labute approximate surface area is 114 Å². The molecule has 0 amide bonds. The Morgan fingerprint density at radius 3 is 2.22 bits per heavy atom. The van der Waals surface area contributed by atoms with Crippen LogP contribution in [0.15, 0.2) is 0 Å². The van der Waals surface area contributed by atoms with Gasteiger partial charge in [-0.05, 0) is 53.1 Å². The van der Waals surface area contributed by atoms with E-state index >= 15 is 0 Å². The molecule has 0 aromatic heterocycles. The van der Waals surface area contributed by atoms with Crippen LogP contribution in [0.25, 0.3) is 0 Å². The van der Waals surface area contributed by atoms with Crippen molar-refractivity contribution < 1.29 is 9.47 Å². The van der Waals surface area contributed by atoms with Gasteiger partial charge in [-0.15, -0.1) is 0 Å². The van der Waals surface area contributed by atoms with E-state index in [1.54, 1.807) is 0 Å². The lowest BCUT2D eigenvalue weighted by atomic mass is 10.2. The van der Waals surface area contributed by atoms with Gasteiger partial charge in [0.05, 0.1) is 18.8 Å². The molecule has 0 spiro atoms. The second-order valence-electron chi connectivity index (χ2n) is 5.74. The SMILES string of the molecule is CCCNCCCCCCOCCOC(C)(C)C. The van der Waals surface area contributed by atoms with Gasteiger partial charge in [0, 0.05) is 6.61 Å². The Balaban J connectivity index is 2.99. The van der Waals surface area contributed by atoms with Crippen molar-refractivity contribution in [2.75, 3.05) is 32.9 Å². The molecule has 0 unspecified atom stereocenters. The highest BCUT2D eigenvalue weighted by molar-refractivity contribution is 4.57. The largest absolute Gasteiger partial charge is 0.379 e. The quantitative estimate of drug-likeness (QED) is 0.545. The van der Waals surface area contributed by atoms with E-state index in [0.29, 0.717) is 6.61 Å². The molecule has 0 fully saturated rings. The Morgan fingerprint density at radius 2 is 1.56 bits per heavy atom. The topological polar surface area (TPSA) is 30.5 Å². The zero-order valence-corrected chi connectivity index (χ0v) is 12.9. The number of nitrogens with one attached hydrogen (secondary N) is 1. The van der Waals surface area contributed by atoms with Gasteiger partial charge >= 0.3 is 0 Å². The lowest BCUT2D eigenvalue weighted by Crippen LogP contribution is -2.21. The molecule has 0 aromatic rings. The fraction of sp³-hybridized carbons (Fsp3) is 1.00. The zero-order valence-electron chi connectivity index (χ0n) is 12.9. The van der Waals surface area contributed by atoms with E-state index in [2.05, 4.69) is 33.0 Å². The molecule has 3 nitrogen and oxygen atoms in total. The summed E-state index contributed by atoms with van der Waals surface area (Å²) in [7, 11) is 0. The van der Waals surface area contributed by atoms with E-state index in [1.165, 1.54) is 32.1 Å². The van der Waals surface area contributed by atoms with Crippen molar-refractivity contribution in [3.05, 3.63) is 0 Å². The van der Waals surface area contributed by atoms with Gasteiger partial charge in [-0.1, -0.05) is 19.8 Å². The van der Waals surface area contributed by atoms with Crippen LogP contribution in [0.5, 0.6) is 0 Å². The summed E-state index contributed by atoms with van der Waals surface area (Å²) in [5, 5.41) is 3.42.